The summed E-state index contributed by atoms with van der Waals surface area (Å²) in [5.41, 5.74) is 0. The Bertz CT molecular complexity index is 508. The number of nitrogens with zero attached hydrogens (tertiary/aromatic N) is 2. The molecule has 1 aliphatic heterocycles. The molecule has 1 aromatic heterocycles. The Morgan fingerprint density at radius 3 is 2.96 bits per heavy atom. The minimum absolute atomic E-state index is 0.00678. The van der Waals surface area contributed by atoms with Crippen molar-refractivity contribution in [3.8, 4) is 0 Å². The Kier molecular flexibility index (Phi) is 5.54. The lowest BCUT2D eigenvalue weighted by atomic mass is 9.80. The second-order valence-corrected chi connectivity index (χ2v) is 7.63. The summed E-state index contributed by atoms with van der Waals surface area (Å²) in [7, 11) is 0. The van der Waals surface area contributed by atoms with Gasteiger partial charge in [0, 0.05) is 30.1 Å². The largest absolute Gasteiger partial charge is 0.393 e. The quantitative estimate of drug-likeness (QED) is 0.886. The van der Waals surface area contributed by atoms with E-state index >= 15 is 0 Å². The normalized spacial score (nSPS) is 29.5. The van der Waals surface area contributed by atoms with Crippen molar-refractivity contribution >= 4 is 17.4 Å². The summed E-state index contributed by atoms with van der Waals surface area (Å²) in [4.78, 5) is 19.1. The molecule has 23 heavy (non-hydrogen) atoms. The van der Waals surface area contributed by atoms with E-state index in [9.17, 15) is 9.90 Å². The van der Waals surface area contributed by atoms with Crippen molar-refractivity contribution in [3.63, 3.8) is 0 Å². The van der Waals surface area contributed by atoms with E-state index in [1.807, 2.05) is 10.3 Å². The van der Waals surface area contributed by atoms with Crippen LogP contribution in [-0.4, -0.2) is 39.7 Å². The van der Waals surface area contributed by atoms with E-state index in [1.165, 1.54) is 6.42 Å². The molecule has 1 saturated carbocycles. The minimum Gasteiger partial charge on any atom is -0.393 e. The van der Waals surface area contributed by atoms with Gasteiger partial charge in [-0.25, -0.2) is 9.78 Å². The van der Waals surface area contributed by atoms with Crippen LogP contribution in [0.5, 0.6) is 0 Å². The van der Waals surface area contributed by atoms with Crippen LogP contribution >= 0.6 is 11.3 Å². The number of hydrogen-bond donors (Lipinski definition) is 2. The summed E-state index contributed by atoms with van der Waals surface area (Å²) in [6, 6.07) is 0.187. The molecule has 2 heterocycles. The van der Waals surface area contributed by atoms with Gasteiger partial charge in [-0.1, -0.05) is 19.8 Å². The SMILES string of the molecule is CCC(NC(=O)N1CCCC1C1CCCCC1O)c1nccs1. The number of amides is 2. The predicted molar refractivity (Wildman–Crippen MR) is 91.4 cm³/mol. The monoisotopic (exact) mass is 337 g/mol. The molecule has 2 amide bonds. The summed E-state index contributed by atoms with van der Waals surface area (Å²) in [6.45, 7) is 2.87. The molecular weight excluding hydrogens is 310 g/mol. The van der Waals surface area contributed by atoms with E-state index in [-0.39, 0.29) is 30.1 Å². The van der Waals surface area contributed by atoms with Gasteiger partial charge in [0.05, 0.1) is 12.1 Å². The Morgan fingerprint density at radius 2 is 2.26 bits per heavy atom. The number of urea groups is 1. The smallest absolute Gasteiger partial charge is 0.318 e. The van der Waals surface area contributed by atoms with Gasteiger partial charge in [-0.3, -0.25) is 0 Å². The van der Waals surface area contributed by atoms with E-state index in [4.69, 9.17) is 0 Å². The number of thiazole rings is 1. The molecule has 128 valence electrons. The molecule has 4 unspecified atom stereocenters. The molecule has 1 aliphatic carbocycles. The van der Waals surface area contributed by atoms with Crippen LogP contribution in [0.2, 0.25) is 0 Å². The van der Waals surface area contributed by atoms with Crippen molar-refractivity contribution in [3.05, 3.63) is 16.6 Å². The molecule has 2 fully saturated rings. The summed E-state index contributed by atoms with van der Waals surface area (Å²) in [5, 5.41) is 16.4. The molecule has 4 atom stereocenters. The number of aliphatic hydroxyl groups is 1. The molecule has 2 aliphatic rings. The van der Waals surface area contributed by atoms with Gasteiger partial charge >= 0.3 is 6.03 Å². The van der Waals surface area contributed by atoms with Crippen LogP contribution in [-0.2, 0) is 0 Å². The highest BCUT2D eigenvalue weighted by molar-refractivity contribution is 7.09. The van der Waals surface area contributed by atoms with E-state index in [1.54, 1.807) is 17.5 Å². The molecule has 5 nitrogen and oxygen atoms in total. The Hall–Kier alpha value is -1.14. The molecule has 1 saturated heterocycles. The topological polar surface area (TPSA) is 65.5 Å². The highest BCUT2D eigenvalue weighted by Crippen LogP contribution is 2.35. The Labute approximate surface area is 142 Å². The second-order valence-electron chi connectivity index (χ2n) is 6.70. The molecule has 2 N–H and O–H groups in total. The number of rotatable bonds is 4. The fourth-order valence-electron chi connectivity index (χ4n) is 4.06. The van der Waals surface area contributed by atoms with E-state index < -0.39 is 0 Å². The van der Waals surface area contributed by atoms with E-state index in [0.717, 1.165) is 50.1 Å². The summed E-state index contributed by atoms with van der Waals surface area (Å²) in [6.07, 6.45) is 8.63. The second kappa shape index (κ2) is 7.62. The fraction of sp³-hybridized carbons (Fsp3) is 0.765. The van der Waals surface area contributed by atoms with Gasteiger partial charge in [0.25, 0.3) is 0 Å². The summed E-state index contributed by atoms with van der Waals surface area (Å²) in [5.74, 6) is 0.247. The molecule has 1 aromatic rings. The third kappa shape index (κ3) is 3.69. The van der Waals surface area contributed by atoms with Crippen LogP contribution in [0.4, 0.5) is 4.79 Å². The number of carbonyl (C=O) groups is 1. The van der Waals surface area contributed by atoms with Crippen LogP contribution in [0, 0.1) is 5.92 Å². The zero-order chi connectivity index (χ0) is 16.2. The van der Waals surface area contributed by atoms with Crippen molar-refractivity contribution in [1.29, 1.82) is 0 Å². The number of carbonyl (C=O) groups excluding carboxylic acids is 1. The molecule has 6 heteroatoms. The molecule has 0 aromatic carbocycles. The molecule has 0 spiro atoms. The number of aromatic nitrogens is 1. The summed E-state index contributed by atoms with van der Waals surface area (Å²) >= 11 is 1.59. The van der Waals surface area contributed by atoms with Gasteiger partial charge in [-0.2, -0.15) is 0 Å². The zero-order valence-electron chi connectivity index (χ0n) is 13.8. The number of nitrogens with one attached hydrogen (secondary N) is 1. The van der Waals surface area contributed by atoms with Crippen molar-refractivity contribution in [1.82, 2.24) is 15.2 Å². The van der Waals surface area contributed by atoms with Crippen LogP contribution in [0.25, 0.3) is 0 Å². The average Bonchev–Trinajstić information content (AvgIpc) is 3.24. The van der Waals surface area contributed by atoms with E-state index in [0.29, 0.717) is 0 Å². The van der Waals surface area contributed by atoms with Crippen molar-refractivity contribution in [2.24, 2.45) is 5.92 Å². The maximum atomic E-state index is 12.8. The lowest BCUT2D eigenvalue weighted by Gasteiger charge is -2.37. The Morgan fingerprint density at radius 1 is 1.43 bits per heavy atom. The highest BCUT2D eigenvalue weighted by atomic mass is 32.1. The highest BCUT2D eigenvalue weighted by Gasteiger charge is 2.39. The average molecular weight is 337 g/mol. The lowest BCUT2D eigenvalue weighted by Crippen LogP contribution is -2.49. The van der Waals surface area contributed by atoms with Gasteiger partial charge < -0.3 is 15.3 Å². The summed E-state index contributed by atoms with van der Waals surface area (Å²) < 4.78 is 0. The fourth-order valence-corrected chi connectivity index (χ4v) is 4.83. The minimum atomic E-state index is -0.247. The van der Waals surface area contributed by atoms with Gasteiger partial charge in [0.15, 0.2) is 0 Å². The first-order valence-electron chi connectivity index (χ1n) is 8.85. The first-order valence-corrected chi connectivity index (χ1v) is 9.73. The first-order chi connectivity index (χ1) is 11.2. The van der Waals surface area contributed by atoms with Crippen LogP contribution in [0.1, 0.15) is 62.9 Å². The van der Waals surface area contributed by atoms with Gasteiger partial charge in [-0.05, 0) is 32.1 Å². The maximum Gasteiger partial charge on any atom is 0.318 e. The number of likely N-dealkylation sites (tertiary alicyclic amines) is 1. The van der Waals surface area contributed by atoms with Gasteiger partial charge in [-0.15, -0.1) is 11.3 Å². The number of aliphatic hydroxyl groups excluding tert-OH is 1. The third-order valence-corrected chi connectivity index (χ3v) is 6.18. The van der Waals surface area contributed by atoms with Gasteiger partial charge in [0.2, 0.25) is 0 Å². The number of hydrogen-bond acceptors (Lipinski definition) is 4. The lowest BCUT2D eigenvalue weighted by molar-refractivity contribution is 0.0304. The van der Waals surface area contributed by atoms with Crippen LogP contribution < -0.4 is 5.32 Å². The maximum absolute atomic E-state index is 12.8. The third-order valence-electron chi connectivity index (χ3n) is 5.29. The van der Waals surface area contributed by atoms with Crippen LogP contribution in [0.3, 0.4) is 0 Å². The molecule has 0 bridgehead atoms. The molecule has 0 radical (unpaired) electrons. The van der Waals surface area contributed by atoms with Gasteiger partial charge in [0.1, 0.15) is 5.01 Å². The van der Waals surface area contributed by atoms with E-state index in [2.05, 4.69) is 17.2 Å². The van der Waals surface area contributed by atoms with Crippen LogP contribution in [0.15, 0.2) is 11.6 Å². The molecular formula is C17H27N3O2S. The van der Waals surface area contributed by atoms with Crippen molar-refractivity contribution in [2.75, 3.05) is 6.54 Å². The predicted octanol–water partition coefficient (Wildman–Crippen LogP) is 3.32. The Balaban J connectivity index is 1.65. The first kappa shape index (κ1) is 16.7. The van der Waals surface area contributed by atoms with Crippen molar-refractivity contribution < 1.29 is 9.90 Å². The van der Waals surface area contributed by atoms with Crippen molar-refractivity contribution in [2.45, 2.75) is 70.1 Å². The zero-order valence-corrected chi connectivity index (χ0v) is 14.6. The molecule has 3 rings (SSSR count). The standard InChI is InChI=1S/C17H27N3O2S/c1-2-13(16-18-9-11-23-16)19-17(22)20-10-5-7-14(20)12-6-3-4-8-15(12)21/h9,11-15,21H,2-8,10H2,1H3,(H,19,22).